The van der Waals surface area contributed by atoms with Crippen molar-refractivity contribution < 1.29 is 14.3 Å². The smallest absolute Gasteiger partial charge is 0.314 e. The Morgan fingerprint density at radius 2 is 1.71 bits per heavy atom. The van der Waals surface area contributed by atoms with E-state index in [0.29, 0.717) is 11.6 Å². The largest absolute Gasteiger partial charge is 0.455 e. The number of nitrogens with one attached hydrogen (secondary N) is 1. The lowest BCUT2D eigenvalue weighted by molar-refractivity contribution is -0.151. The van der Waals surface area contributed by atoms with Crippen LogP contribution in [0.2, 0.25) is 5.02 Å². The van der Waals surface area contributed by atoms with Crippen LogP contribution in [0.15, 0.2) is 53.4 Å². The zero-order valence-corrected chi connectivity index (χ0v) is 18.0. The molecule has 0 saturated heterocycles. The molecule has 150 valence electrons. The minimum Gasteiger partial charge on any atom is -0.455 e. The molecule has 0 heterocycles. The number of carbonyl (C=O) groups is 2. The number of halogens is 1. The molecular formula is C22H26ClNO3S. The first-order valence-electron chi connectivity index (χ1n) is 9.25. The molecule has 2 aromatic rings. The van der Waals surface area contributed by atoms with Gasteiger partial charge >= 0.3 is 5.97 Å². The van der Waals surface area contributed by atoms with E-state index in [4.69, 9.17) is 16.3 Å². The van der Waals surface area contributed by atoms with Crippen molar-refractivity contribution in [3.8, 4) is 0 Å². The van der Waals surface area contributed by atoms with E-state index >= 15 is 0 Å². The SMILES string of the molecule is Cc1ccc(SCCNC(=O)COC(=O)[C@H](c2ccc(Cl)cc2)C(C)C)cc1. The van der Waals surface area contributed by atoms with E-state index in [0.717, 1.165) is 16.2 Å². The number of amides is 1. The second-order valence-electron chi connectivity index (χ2n) is 6.89. The molecule has 28 heavy (non-hydrogen) atoms. The van der Waals surface area contributed by atoms with Crippen molar-refractivity contribution in [2.45, 2.75) is 31.6 Å². The third-order valence-electron chi connectivity index (χ3n) is 4.21. The molecule has 0 aliphatic rings. The van der Waals surface area contributed by atoms with Gasteiger partial charge in [0.25, 0.3) is 5.91 Å². The minimum atomic E-state index is -0.429. The lowest BCUT2D eigenvalue weighted by Gasteiger charge is -2.19. The average molecular weight is 420 g/mol. The standard InChI is InChI=1S/C22H26ClNO3S/c1-15(2)21(17-6-8-18(23)9-7-17)22(26)27-14-20(25)24-12-13-28-19-10-4-16(3)5-11-19/h4-11,15,21H,12-14H2,1-3H3,(H,24,25)/t21-/m0/s1. The zero-order valence-electron chi connectivity index (χ0n) is 16.4. The Morgan fingerprint density at radius 1 is 1.07 bits per heavy atom. The summed E-state index contributed by atoms with van der Waals surface area (Å²) in [5, 5.41) is 3.39. The van der Waals surface area contributed by atoms with Gasteiger partial charge in [-0.25, -0.2) is 0 Å². The molecule has 6 heteroatoms. The van der Waals surface area contributed by atoms with Crippen LogP contribution in [0.1, 0.15) is 30.9 Å². The number of hydrogen-bond donors (Lipinski definition) is 1. The Bertz CT molecular complexity index is 775. The highest BCUT2D eigenvalue weighted by Gasteiger charge is 2.26. The van der Waals surface area contributed by atoms with Crippen LogP contribution in [0.25, 0.3) is 0 Å². The fraction of sp³-hybridized carbons (Fsp3) is 0.364. The topological polar surface area (TPSA) is 55.4 Å². The average Bonchev–Trinajstić information content (AvgIpc) is 2.66. The first-order valence-corrected chi connectivity index (χ1v) is 10.6. The van der Waals surface area contributed by atoms with Crippen molar-refractivity contribution in [1.82, 2.24) is 5.32 Å². The molecule has 1 N–H and O–H groups in total. The second kappa shape index (κ2) is 11.1. The van der Waals surface area contributed by atoms with Crippen LogP contribution in [0.4, 0.5) is 0 Å². The molecule has 1 atom stereocenters. The summed E-state index contributed by atoms with van der Waals surface area (Å²) in [6, 6.07) is 15.4. The van der Waals surface area contributed by atoms with Crippen molar-refractivity contribution in [3.05, 3.63) is 64.7 Å². The number of hydrogen-bond acceptors (Lipinski definition) is 4. The van der Waals surface area contributed by atoms with E-state index in [1.165, 1.54) is 5.56 Å². The van der Waals surface area contributed by atoms with Gasteiger partial charge in [-0.3, -0.25) is 9.59 Å². The number of ether oxygens (including phenoxy) is 1. The Hall–Kier alpha value is -1.98. The lowest BCUT2D eigenvalue weighted by atomic mass is 9.88. The van der Waals surface area contributed by atoms with Crippen molar-refractivity contribution in [2.24, 2.45) is 5.92 Å². The summed E-state index contributed by atoms with van der Waals surface area (Å²) in [5.74, 6) is -0.329. The lowest BCUT2D eigenvalue weighted by Crippen LogP contribution is -2.32. The van der Waals surface area contributed by atoms with Gasteiger partial charge in [-0.1, -0.05) is 55.3 Å². The molecule has 4 nitrogen and oxygen atoms in total. The normalized spacial score (nSPS) is 11.9. The zero-order chi connectivity index (χ0) is 20.5. The van der Waals surface area contributed by atoms with Gasteiger partial charge in [-0.2, -0.15) is 0 Å². The molecule has 0 saturated carbocycles. The molecular weight excluding hydrogens is 394 g/mol. The molecule has 0 spiro atoms. The predicted octanol–water partition coefficient (Wildman–Crippen LogP) is 4.84. The Morgan fingerprint density at radius 3 is 2.32 bits per heavy atom. The van der Waals surface area contributed by atoms with Gasteiger partial charge in [0.05, 0.1) is 5.92 Å². The molecule has 0 bridgehead atoms. The van der Waals surface area contributed by atoms with Crippen LogP contribution in [-0.4, -0.2) is 30.8 Å². The van der Waals surface area contributed by atoms with Crippen molar-refractivity contribution in [2.75, 3.05) is 18.9 Å². The van der Waals surface area contributed by atoms with E-state index in [9.17, 15) is 9.59 Å². The Balaban J connectivity index is 1.74. The maximum atomic E-state index is 12.5. The number of carbonyl (C=O) groups excluding carboxylic acids is 2. The van der Waals surface area contributed by atoms with Crippen LogP contribution in [0, 0.1) is 12.8 Å². The Kier molecular flexibility index (Phi) is 8.87. The summed E-state index contributed by atoms with van der Waals surface area (Å²) in [7, 11) is 0. The summed E-state index contributed by atoms with van der Waals surface area (Å²) in [6.45, 7) is 6.18. The summed E-state index contributed by atoms with van der Waals surface area (Å²) < 4.78 is 5.25. The second-order valence-corrected chi connectivity index (χ2v) is 8.50. The van der Waals surface area contributed by atoms with E-state index < -0.39 is 11.9 Å². The van der Waals surface area contributed by atoms with Gasteiger partial charge in [-0.15, -0.1) is 11.8 Å². The highest BCUT2D eigenvalue weighted by atomic mass is 35.5. The van der Waals surface area contributed by atoms with Crippen molar-refractivity contribution in [1.29, 1.82) is 0 Å². The van der Waals surface area contributed by atoms with Crippen LogP contribution >= 0.6 is 23.4 Å². The van der Waals surface area contributed by atoms with Crippen LogP contribution in [0.5, 0.6) is 0 Å². The fourth-order valence-corrected chi connectivity index (χ4v) is 3.63. The Labute approximate surface area is 176 Å². The molecule has 2 rings (SSSR count). The quantitative estimate of drug-likeness (QED) is 0.359. The molecule has 0 radical (unpaired) electrons. The van der Waals surface area contributed by atoms with Gasteiger partial charge in [0.1, 0.15) is 0 Å². The summed E-state index contributed by atoms with van der Waals surface area (Å²) in [6.07, 6.45) is 0. The maximum Gasteiger partial charge on any atom is 0.314 e. The third kappa shape index (κ3) is 7.21. The summed E-state index contributed by atoms with van der Waals surface area (Å²) in [4.78, 5) is 25.6. The molecule has 0 fully saturated rings. The van der Waals surface area contributed by atoms with Crippen LogP contribution < -0.4 is 5.32 Å². The van der Waals surface area contributed by atoms with Gasteiger partial charge in [0, 0.05) is 22.2 Å². The van der Waals surface area contributed by atoms with Gasteiger partial charge in [0.2, 0.25) is 0 Å². The monoisotopic (exact) mass is 419 g/mol. The summed E-state index contributed by atoms with van der Waals surface area (Å²) in [5.41, 5.74) is 2.05. The van der Waals surface area contributed by atoms with E-state index in [1.807, 2.05) is 32.9 Å². The first kappa shape index (κ1) is 22.3. The van der Waals surface area contributed by atoms with E-state index in [-0.39, 0.29) is 18.4 Å². The van der Waals surface area contributed by atoms with Crippen LogP contribution in [-0.2, 0) is 14.3 Å². The van der Waals surface area contributed by atoms with Crippen molar-refractivity contribution in [3.63, 3.8) is 0 Å². The highest BCUT2D eigenvalue weighted by molar-refractivity contribution is 7.99. The summed E-state index contributed by atoms with van der Waals surface area (Å²) >= 11 is 7.58. The number of thioether (sulfide) groups is 1. The number of rotatable bonds is 9. The maximum absolute atomic E-state index is 12.5. The molecule has 0 aliphatic heterocycles. The molecule has 0 aliphatic carbocycles. The molecule has 0 unspecified atom stereocenters. The predicted molar refractivity (Wildman–Crippen MR) is 115 cm³/mol. The van der Waals surface area contributed by atoms with E-state index in [1.54, 1.807) is 23.9 Å². The van der Waals surface area contributed by atoms with E-state index in [2.05, 4.69) is 29.6 Å². The minimum absolute atomic E-state index is 0.0441. The number of aryl methyl sites for hydroxylation is 1. The third-order valence-corrected chi connectivity index (χ3v) is 5.47. The highest BCUT2D eigenvalue weighted by Crippen LogP contribution is 2.27. The molecule has 2 aromatic carbocycles. The van der Waals surface area contributed by atoms with Gasteiger partial charge in [-0.05, 0) is 42.7 Å². The number of esters is 1. The van der Waals surface area contributed by atoms with Gasteiger partial charge < -0.3 is 10.1 Å². The number of benzene rings is 2. The fourth-order valence-electron chi connectivity index (χ4n) is 2.73. The van der Waals surface area contributed by atoms with Gasteiger partial charge in [0.15, 0.2) is 6.61 Å². The first-order chi connectivity index (χ1) is 13.4. The van der Waals surface area contributed by atoms with Crippen LogP contribution in [0.3, 0.4) is 0 Å². The molecule has 0 aromatic heterocycles. The molecule has 1 amide bonds. The van der Waals surface area contributed by atoms with Crippen molar-refractivity contribution >= 4 is 35.2 Å².